The third-order valence-electron chi connectivity index (χ3n) is 1.41. The van der Waals surface area contributed by atoms with Crippen molar-refractivity contribution in [2.24, 2.45) is 0 Å². The highest BCUT2D eigenvalue weighted by Gasteiger charge is 2.07. The molecule has 2 N–H and O–H groups in total. The Balaban J connectivity index is 4.14. The summed E-state index contributed by atoms with van der Waals surface area (Å²) in [4.78, 5) is 11.2. The Bertz CT molecular complexity index is 234. The number of nitrogens with one attached hydrogen (secondary N) is 2. The topological polar surface area (TPSA) is 62.2 Å². The van der Waals surface area contributed by atoms with Crippen LogP contribution < -0.4 is 5.32 Å². The Labute approximate surface area is 84.2 Å². The van der Waals surface area contributed by atoms with Crippen LogP contribution in [0.3, 0.4) is 0 Å². The molecule has 0 saturated carbocycles. The maximum absolute atomic E-state index is 11.2. The summed E-state index contributed by atoms with van der Waals surface area (Å²) in [6.45, 7) is 6.25. The van der Waals surface area contributed by atoms with E-state index in [1.807, 2.05) is 0 Å². The normalized spacial score (nSPS) is 10.5. The number of allylic oxidation sites excluding steroid dienone is 1. The summed E-state index contributed by atoms with van der Waals surface area (Å²) >= 11 is 0. The van der Waals surface area contributed by atoms with Gasteiger partial charge in [0.25, 0.3) is 0 Å². The summed E-state index contributed by atoms with van der Waals surface area (Å²) in [6.07, 6.45) is 4.93. The van der Waals surface area contributed by atoms with Crippen LogP contribution in [-0.2, 0) is 9.53 Å². The Kier molecular flexibility index (Phi) is 7.13. The van der Waals surface area contributed by atoms with Gasteiger partial charge >= 0.3 is 5.97 Å². The van der Waals surface area contributed by atoms with Crippen molar-refractivity contribution >= 4 is 12.2 Å². The van der Waals surface area contributed by atoms with E-state index >= 15 is 0 Å². The molecule has 0 aromatic carbocycles. The lowest BCUT2D eigenvalue weighted by Crippen LogP contribution is -2.23. The zero-order valence-electron chi connectivity index (χ0n) is 8.38. The summed E-state index contributed by atoms with van der Waals surface area (Å²) < 4.78 is 4.79. The first-order chi connectivity index (χ1) is 6.76. The molecule has 0 spiro atoms. The molecule has 0 atom stereocenters. The van der Waals surface area contributed by atoms with Crippen LogP contribution in [0.25, 0.3) is 0 Å². The number of hydrogen-bond acceptors (Lipinski definition) is 4. The number of esters is 1. The van der Waals surface area contributed by atoms with E-state index in [0.717, 1.165) is 12.6 Å². The largest absolute Gasteiger partial charge is 0.461 e. The molecule has 0 unspecified atom stereocenters. The van der Waals surface area contributed by atoms with Crippen molar-refractivity contribution < 1.29 is 9.53 Å². The van der Waals surface area contributed by atoms with Crippen LogP contribution >= 0.6 is 0 Å². The third-order valence-corrected chi connectivity index (χ3v) is 1.41. The van der Waals surface area contributed by atoms with Crippen LogP contribution in [0.2, 0.25) is 0 Å². The molecule has 4 heteroatoms. The Morgan fingerprint density at radius 3 is 2.86 bits per heavy atom. The van der Waals surface area contributed by atoms with E-state index in [-0.39, 0.29) is 0 Å². The zero-order valence-corrected chi connectivity index (χ0v) is 8.38. The van der Waals surface area contributed by atoms with Crippen molar-refractivity contribution in [3.05, 3.63) is 24.4 Å². The molecular formula is C10H16N2O2. The fraction of sp³-hybridized carbons (Fsp3) is 0.400. The molecule has 0 rings (SSSR count). The van der Waals surface area contributed by atoms with Crippen LogP contribution in [0, 0.1) is 5.41 Å². The number of ether oxygens (including phenoxy) is 1. The summed E-state index contributed by atoms with van der Waals surface area (Å²) in [5.41, 5.74) is 0.309. The third kappa shape index (κ3) is 5.13. The summed E-state index contributed by atoms with van der Waals surface area (Å²) in [7, 11) is 0. The van der Waals surface area contributed by atoms with Crippen LogP contribution in [-0.4, -0.2) is 25.3 Å². The Morgan fingerprint density at radius 2 is 2.36 bits per heavy atom. The summed E-state index contributed by atoms with van der Waals surface area (Å²) in [5, 5.41) is 9.74. The van der Waals surface area contributed by atoms with Crippen LogP contribution in [0.5, 0.6) is 0 Å². The standard InChI is InChI=1S/C10H16N2O2/c1-3-5-8-12-9(6-7-11)10(13)14-4-2/h3,6-7,11-12H,1,4-5,8H2,2H3/b9-6-,11-7?. The van der Waals surface area contributed by atoms with Crippen LogP contribution in [0.15, 0.2) is 24.4 Å². The maximum Gasteiger partial charge on any atom is 0.354 e. The predicted molar refractivity (Wildman–Crippen MR) is 56.3 cm³/mol. The molecule has 4 nitrogen and oxygen atoms in total. The molecule has 0 amide bonds. The Hall–Kier alpha value is -1.58. The van der Waals surface area contributed by atoms with E-state index in [2.05, 4.69) is 11.9 Å². The van der Waals surface area contributed by atoms with Gasteiger partial charge in [-0.3, -0.25) is 0 Å². The second-order valence-corrected chi connectivity index (χ2v) is 2.47. The second-order valence-electron chi connectivity index (χ2n) is 2.47. The van der Waals surface area contributed by atoms with E-state index in [0.29, 0.717) is 18.8 Å². The van der Waals surface area contributed by atoms with Crippen molar-refractivity contribution in [2.75, 3.05) is 13.2 Å². The lowest BCUT2D eigenvalue weighted by Gasteiger charge is -2.07. The molecule has 0 bridgehead atoms. The predicted octanol–water partition coefficient (Wildman–Crippen LogP) is 1.25. The molecule has 0 aromatic rings. The highest BCUT2D eigenvalue weighted by Crippen LogP contribution is 1.93. The fourth-order valence-electron chi connectivity index (χ4n) is 0.800. The molecule has 0 aromatic heterocycles. The zero-order chi connectivity index (χ0) is 10.8. The maximum atomic E-state index is 11.2. The molecule has 0 fully saturated rings. The van der Waals surface area contributed by atoms with Crippen LogP contribution in [0.4, 0.5) is 0 Å². The lowest BCUT2D eigenvalue weighted by molar-refractivity contribution is -0.138. The van der Waals surface area contributed by atoms with E-state index in [9.17, 15) is 4.79 Å². The molecule has 0 aliphatic carbocycles. The smallest absolute Gasteiger partial charge is 0.354 e. The molecule has 0 aliphatic rings. The van der Waals surface area contributed by atoms with Gasteiger partial charge in [-0.25, -0.2) is 4.79 Å². The van der Waals surface area contributed by atoms with E-state index < -0.39 is 5.97 Å². The number of carbonyl (C=O) groups is 1. The summed E-state index contributed by atoms with van der Waals surface area (Å²) in [6, 6.07) is 0. The van der Waals surface area contributed by atoms with Gasteiger partial charge in [-0.1, -0.05) is 6.08 Å². The first-order valence-electron chi connectivity index (χ1n) is 4.48. The van der Waals surface area contributed by atoms with Gasteiger partial charge in [-0.2, -0.15) is 0 Å². The molecule has 0 heterocycles. The summed E-state index contributed by atoms with van der Waals surface area (Å²) in [5.74, 6) is -0.430. The van der Waals surface area contributed by atoms with E-state index in [1.54, 1.807) is 13.0 Å². The lowest BCUT2D eigenvalue weighted by atomic mass is 10.3. The molecule has 0 saturated heterocycles. The monoisotopic (exact) mass is 196 g/mol. The molecular weight excluding hydrogens is 180 g/mol. The van der Waals surface area contributed by atoms with Gasteiger partial charge in [0.05, 0.1) is 6.61 Å². The van der Waals surface area contributed by atoms with Gasteiger partial charge in [0, 0.05) is 12.8 Å². The fourth-order valence-corrected chi connectivity index (χ4v) is 0.800. The SMILES string of the molecule is C=CCCN/C(=C\C=N)C(=O)OCC. The van der Waals surface area contributed by atoms with Crippen molar-refractivity contribution in [2.45, 2.75) is 13.3 Å². The van der Waals surface area contributed by atoms with E-state index in [1.165, 1.54) is 6.08 Å². The Morgan fingerprint density at radius 1 is 1.64 bits per heavy atom. The van der Waals surface area contributed by atoms with Gasteiger partial charge in [0.15, 0.2) is 0 Å². The highest BCUT2D eigenvalue weighted by molar-refractivity contribution is 5.92. The van der Waals surface area contributed by atoms with Gasteiger partial charge in [0.1, 0.15) is 5.70 Å². The molecule has 78 valence electrons. The molecule has 14 heavy (non-hydrogen) atoms. The second kappa shape index (κ2) is 8.04. The van der Waals surface area contributed by atoms with Gasteiger partial charge in [-0.05, 0) is 19.4 Å². The van der Waals surface area contributed by atoms with Crippen molar-refractivity contribution in [3.63, 3.8) is 0 Å². The number of carbonyl (C=O) groups excluding carboxylic acids is 1. The number of rotatable bonds is 7. The first-order valence-corrected chi connectivity index (χ1v) is 4.48. The van der Waals surface area contributed by atoms with Crippen molar-refractivity contribution in [1.82, 2.24) is 5.32 Å². The van der Waals surface area contributed by atoms with E-state index in [4.69, 9.17) is 10.1 Å². The van der Waals surface area contributed by atoms with Gasteiger partial charge in [0.2, 0.25) is 0 Å². The average Bonchev–Trinajstić information content (AvgIpc) is 2.17. The molecule has 0 aliphatic heterocycles. The van der Waals surface area contributed by atoms with Gasteiger partial charge < -0.3 is 15.5 Å². The molecule has 0 radical (unpaired) electrons. The van der Waals surface area contributed by atoms with Gasteiger partial charge in [-0.15, -0.1) is 6.58 Å². The minimum Gasteiger partial charge on any atom is -0.461 e. The minimum absolute atomic E-state index is 0.309. The van der Waals surface area contributed by atoms with Crippen molar-refractivity contribution in [1.29, 1.82) is 5.41 Å². The average molecular weight is 196 g/mol. The number of hydrogen-bond donors (Lipinski definition) is 2. The quantitative estimate of drug-likeness (QED) is 0.212. The highest BCUT2D eigenvalue weighted by atomic mass is 16.5. The van der Waals surface area contributed by atoms with Crippen molar-refractivity contribution in [3.8, 4) is 0 Å². The van der Waals surface area contributed by atoms with Crippen LogP contribution in [0.1, 0.15) is 13.3 Å². The first kappa shape index (κ1) is 12.4. The minimum atomic E-state index is -0.430.